The van der Waals surface area contributed by atoms with Crippen LogP contribution in [-0.4, -0.2) is 69.3 Å². The minimum absolute atomic E-state index is 0.0266. The Morgan fingerprint density at radius 1 is 1.08 bits per heavy atom. The Morgan fingerprint density at radius 2 is 1.84 bits per heavy atom. The number of carbonyl (C=O) groups is 5. The predicted molar refractivity (Wildman–Crippen MR) is 135 cm³/mol. The van der Waals surface area contributed by atoms with Crippen LogP contribution >= 0.6 is 0 Å². The van der Waals surface area contributed by atoms with Crippen LogP contribution in [0.15, 0.2) is 42.9 Å². The average Bonchev–Trinajstić information content (AvgIpc) is 3.42. The van der Waals surface area contributed by atoms with Crippen LogP contribution < -0.4 is 22.1 Å². The zero-order valence-electron chi connectivity index (χ0n) is 20.9. The molecule has 0 aliphatic carbocycles. The predicted octanol–water partition coefficient (Wildman–Crippen LogP) is -0.136. The molecule has 0 saturated carbocycles. The first-order valence-electron chi connectivity index (χ1n) is 12.4. The molecule has 7 N–H and O–H groups in total. The molecule has 0 radical (unpaired) electrons. The normalized spacial score (nSPS) is 16.6. The van der Waals surface area contributed by atoms with Gasteiger partial charge in [-0.05, 0) is 31.2 Å². The largest absolute Gasteiger partial charge is 0.445 e. The van der Waals surface area contributed by atoms with Gasteiger partial charge in [0.1, 0.15) is 24.7 Å². The second-order valence-electron chi connectivity index (χ2n) is 9.05. The van der Waals surface area contributed by atoms with E-state index in [2.05, 4.69) is 20.6 Å². The number of piperidine rings is 1. The van der Waals surface area contributed by atoms with Crippen molar-refractivity contribution in [2.75, 3.05) is 6.54 Å². The summed E-state index contributed by atoms with van der Waals surface area (Å²) < 4.78 is 5.20. The third kappa shape index (κ3) is 8.32. The molecule has 3 rings (SSSR count). The third-order valence-corrected chi connectivity index (χ3v) is 6.21. The molecule has 5 amide bonds. The van der Waals surface area contributed by atoms with Gasteiger partial charge in [-0.15, -0.1) is 0 Å². The highest BCUT2D eigenvalue weighted by Gasteiger charge is 2.36. The fraction of sp³-hybridized carbons (Fsp3) is 0.440. The summed E-state index contributed by atoms with van der Waals surface area (Å²) in [6.45, 7) is 0.290. The monoisotopic (exact) mass is 527 g/mol. The molecule has 0 spiro atoms. The van der Waals surface area contributed by atoms with Crippen LogP contribution in [0.2, 0.25) is 0 Å². The molecule has 13 heteroatoms. The zero-order chi connectivity index (χ0) is 27.5. The number of carbonyl (C=O) groups excluding carboxylic acids is 5. The molecule has 1 aromatic carbocycles. The van der Waals surface area contributed by atoms with Crippen molar-refractivity contribution in [1.29, 1.82) is 0 Å². The molecule has 1 aliphatic heterocycles. The average molecular weight is 528 g/mol. The summed E-state index contributed by atoms with van der Waals surface area (Å²) in [5, 5.41) is 5.11. The highest BCUT2D eigenvalue weighted by atomic mass is 16.5. The quantitative estimate of drug-likeness (QED) is 0.253. The molecule has 1 fully saturated rings. The smallest absolute Gasteiger partial charge is 0.408 e. The molecule has 13 nitrogen and oxygen atoms in total. The third-order valence-electron chi connectivity index (χ3n) is 6.21. The topological polar surface area (TPSA) is 203 Å². The van der Waals surface area contributed by atoms with Gasteiger partial charge in [-0.1, -0.05) is 30.3 Å². The van der Waals surface area contributed by atoms with E-state index in [9.17, 15) is 24.0 Å². The molecule has 1 aliphatic rings. The van der Waals surface area contributed by atoms with Crippen LogP contribution in [0.1, 0.15) is 43.4 Å². The first kappa shape index (κ1) is 28.2. The summed E-state index contributed by atoms with van der Waals surface area (Å²) in [7, 11) is 0. The van der Waals surface area contributed by atoms with Gasteiger partial charge in [0, 0.05) is 31.3 Å². The maximum absolute atomic E-state index is 13.5. The first-order valence-corrected chi connectivity index (χ1v) is 12.4. The highest BCUT2D eigenvalue weighted by molar-refractivity contribution is 5.94. The Labute approximate surface area is 219 Å². The van der Waals surface area contributed by atoms with Gasteiger partial charge in [-0.3, -0.25) is 19.2 Å². The highest BCUT2D eigenvalue weighted by Crippen LogP contribution is 2.19. The summed E-state index contributed by atoms with van der Waals surface area (Å²) in [5.41, 5.74) is 12.1. The van der Waals surface area contributed by atoms with Gasteiger partial charge in [0.05, 0.1) is 6.33 Å². The summed E-state index contributed by atoms with van der Waals surface area (Å²) >= 11 is 0. The van der Waals surface area contributed by atoms with Crippen LogP contribution in [0, 0.1) is 0 Å². The van der Waals surface area contributed by atoms with E-state index in [0.29, 0.717) is 25.1 Å². The van der Waals surface area contributed by atoms with Crippen LogP contribution in [0.5, 0.6) is 0 Å². The van der Waals surface area contributed by atoms with Crippen LogP contribution in [0.25, 0.3) is 0 Å². The van der Waals surface area contributed by atoms with Crippen molar-refractivity contribution in [3.63, 3.8) is 0 Å². The lowest BCUT2D eigenvalue weighted by Crippen LogP contribution is -2.59. The number of aromatic nitrogens is 2. The van der Waals surface area contributed by atoms with Crippen LogP contribution in [-0.2, 0) is 36.9 Å². The molecule has 3 atom stereocenters. The van der Waals surface area contributed by atoms with E-state index >= 15 is 0 Å². The summed E-state index contributed by atoms with van der Waals surface area (Å²) in [6, 6.07) is 5.87. The Balaban J connectivity index is 1.73. The fourth-order valence-corrected chi connectivity index (χ4v) is 4.24. The van der Waals surface area contributed by atoms with Crippen molar-refractivity contribution >= 4 is 29.7 Å². The van der Waals surface area contributed by atoms with Crippen molar-refractivity contribution < 1.29 is 28.7 Å². The standard InChI is InChI=1S/C25H33N7O6/c26-21(33)10-9-18(31-25(37)38-14-16-6-2-1-3-7-16)23(35)30-19(12-17-13-28-15-29-17)24(36)32-11-5-4-8-20(32)22(27)34/h1-3,6-7,13,15,18-20H,4-5,8-12,14H2,(H2,26,33)(H2,27,34)(H,28,29)(H,30,35)(H,31,37)/t18-,19-,20+/m0/s1. The van der Waals surface area contributed by atoms with Gasteiger partial charge in [0.2, 0.25) is 23.6 Å². The summed E-state index contributed by atoms with van der Waals surface area (Å²) in [4.78, 5) is 70.9. The maximum atomic E-state index is 13.5. The number of imidazole rings is 1. The SMILES string of the molecule is NC(=O)CC[C@H](NC(=O)OCc1ccccc1)C(=O)N[C@@H](Cc1cnc[nH]1)C(=O)N1CCCC[C@@H]1C(N)=O. The van der Waals surface area contributed by atoms with Crippen LogP contribution in [0.3, 0.4) is 0 Å². The van der Waals surface area contributed by atoms with Gasteiger partial charge in [0.15, 0.2) is 0 Å². The lowest BCUT2D eigenvalue weighted by Gasteiger charge is -2.36. The number of rotatable bonds is 12. The molecular weight excluding hydrogens is 494 g/mol. The molecule has 1 aromatic heterocycles. The van der Waals surface area contributed by atoms with Crippen molar-refractivity contribution in [1.82, 2.24) is 25.5 Å². The number of benzene rings is 1. The minimum atomic E-state index is -1.21. The number of H-pyrrole nitrogens is 1. The molecule has 1 saturated heterocycles. The zero-order valence-corrected chi connectivity index (χ0v) is 20.9. The van der Waals surface area contributed by atoms with Crippen molar-refractivity contribution in [2.24, 2.45) is 11.5 Å². The number of aromatic amines is 1. The Morgan fingerprint density at radius 3 is 2.50 bits per heavy atom. The Kier molecular flexibility index (Phi) is 10.2. The van der Waals surface area contributed by atoms with Gasteiger partial charge in [-0.2, -0.15) is 0 Å². The second kappa shape index (κ2) is 13.8. The number of nitrogens with two attached hydrogens (primary N) is 2. The molecule has 0 unspecified atom stereocenters. The van der Waals surface area contributed by atoms with E-state index in [-0.39, 0.29) is 25.9 Å². The van der Waals surface area contributed by atoms with E-state index < -0.39 is 47.8 Å². The Hall–Kier alpha value is -4.42. The van der Waals surface area contributed by atoms with Gasteiger partial charge in [0.25, 0.3) is 0 Å². The summed E-state index contributed by atoms with van der Waals surface area (Å²) in [6.07, 6.45) is 3.70. The number of hydrogen-bond donors (Lipinski definition) is 5. The Bertz CT molecular complexity index is 1110. The lowest BCUT2D eigenvalue weighted by atomic mass is 9.99. The van der Waals surface area contributed by atoms with E-state index in [1.165, 1.54) is 17.4 Å². The molecule has 0 bridgehead atoms. The number of likely N-dealkylation sites (tertiary alicyclic amines) is 1. The molecule has 38 heavy (non-hydrogen) atoms. The van der Waals surface area contributed by atoms with Crippen molar-refractivity contribution in [2.45, 2.75) is 63.3 Å². The number of alkyl carbamates (subject to hydrolysis) is 1. The molecule has 204 valence electrons. The van der Waals surface area contributed by atoms with Gasteiger partial charge in [-0.25, -0.2) is 9.78 Å². The molecular formula is C25H33N7O6. The number of hydrogen-bond acceptors (Lipinski definition) is 7. The number of nitrogens with zero attached hydrogens (tertiary/aromatic N) is 2. The van der Waals surface area contributed by atoms with Gasteiger partial charge >= 0.3 is 6.09 Å². The lowest BCUT2D eigenvalue weighted by molar-refractivity contribution is -0.144. The van der Waals surface area contributed by atoms with Crippen LogP contribution in [0.4, 0.5) is 4.79 Å². The van der Waals surface area contributed by atoms with Crippen molar-refractivity contribution in [3.05, 3.63) is 54.1 Å². The van der Waals surface area contributed by atoms with E-state index in [4.69, 9.17) is 16.2 Å². The molecule has 2 aromatic rings. The van der Waals surface area contributed by atoms with E-state index in [1.807, 2.05) is 6.07 Å². The fourth-order valence-electron chi connectivity index (χ4n) is 4.24. The number of ether oxygens (including phenoxy) is 1. The number of amides is 5. The molecule has 2 heterocycles. The van der Waals surface area contributed by atoms with E-state index in [1.54, 1.807) is 24.3 Å². The van der Waals surface area contributed by atoms with Crippen molar-refractivity contribution in [3.8, 4) is 0 Å². The second-order valence-corrected chi connectivity index (χ2v) is 9.05. The minimum Gasteiger partial charge on any atom is -0.445 e. The van der Waals surface area contributed by atoms with Gasteiger partial charge < -0.3 is 36.7 Å². The summed E-state index contributed by atoms with van der Waals surface area (Å²) in [5.74, 6) is -2.48. The van der Waals surface area contributed by atoms with E-state index in [0.717, 1.165) is 12.0 Å². The maximum Gasteiger partial charge on any atom is 0.408 e. The number of nitrogens with one attached hydrogen (secondary N) is 3. The first-order chi connectivity index (χ1) is 18.2. The number of primary amides is 2.